The van der Waals surface area contributed by atoms with Gasteiger partial charge < -0.3 is 0 Å². The zero-order valence-electron chi connectivity index (χ0n) is 2.12. The van der Waals surface area contributed by atoms with Gasteiger partial charge in [0.2, 0.25) is 0 Å². The Hall–Kier alpha value is 3.99. The molecule has 0 bridgehead atoms. The summed E-state index contributed by atoms with van der Waals surface area (Å²) in [5.41, 5.74) is 0. The van der Waals surface area contributed by atoms with Crippen LogP contribution in [0.15, 0.2) is 0 Å². The fraction of sp³-hybridized carbons (Fsp3) is 0. The van der Waals surface area contributed by atoms with Gasteiger partial charge in [0.15, 0.2) is 0 Å². The van der Waals surface area contributed by atoms with Crippen molar-refractivity contribution in [3.8, 4) is 0 Å². The maximum Gasteiger partial charge on any atom is 0 e. The van der Waals surface area contributed by atoms with E-state index in [1.54, 1.807) is 0 Å². The maximum atomic E-state index is 0. The molecule has 0 rings (SSSR count). The van der Waals surface area contributed by atoms with Gasteiger partial charge in [-0.05, 0) is 0 Å². The van der Waals surface area contributed by atoms with Gasteiger partial charge in [-0.15, -0.1) is 0 Å². The summed E-state index contributed by atoms with van der Waals surface area (Å²) in [5.74, 6) is 0. The number of hydrogen-bond donors (Lipinski definition) is 0. The standard InChI is InChI=1S/Ce.Cu.Ni.Ti.Zr. The summed E-state index contributed by atoms with van der Waals surface area (Å²) in [6.45, 7) is 0. The summed E-state index contributed by atoms with van der Waals surface area (Å²) < 4.78 is 0. The SMILES string of the molecule is [Ce].[Cu].[Ni].[Ti].[Zr]. The minimum Gasteiger partial charge on any atom is 0 e. The molecule has 0 N–H and O–H groups in total. The second-order valence-electron chi connectivity index (χ2n) is 0. The van der Waals surface area contributed by atoms with E-state index >= 15 is 0 Å². The third kappa shape index (κ3) is 18.0. The molecule has 1 radical (unpaired) electrons. The zero-order valence-corrected chi connectivity index (χ0v) is 11.2. The Kier molecular flexibility index (Phi) is 177. The minimum atomic E-state index is 0. The first kappa shape index (κ1) is 36.1. The summed E-state index contributed by atoms with van der Waals surface area (Å²) in [4.78, 5) is 0. The van der Waals surface area contributed by atoms with Crippen LogP contribution in [0, 0.1) is 41.7 Å². The van der Waals surface area contributed by atoms with E-state index in [4.69, 9.17) is 0 Å². The van der Waals surface area contributed by atoms with E-state index < -0.39 is 0 Å². The van der Waals surface area contributed by atoms with Crippen LogP contribution in [0.2, 0.25) is 0 Å². The molecule has 0 aromatic heterocycles. The van der Waals surface area contributed by atoms with Gasteiger partial charge in [0.25, 0.3) is 0 Å². The first-order valence-corrected chi connectivity index (χ1v) is 0. The first-order valence-electron chi connectivity index (χ1n) is 0. The van der Waals surface area contributed by atoms with Crippen molar-refractivity contribution in [3.63, 3.8) is 0 Å². The van der Waals surface area contributed by atoms with E-state index in [1.807, 2.05) is 0 Å². The fourth-order valence-electron chi connectivity index (χ4n) is 0. The van der Waals surface area contributed by atoms with Crippen LogP contribution in [-0.4, -0.2) is 0 Å². The Bertz CT molecular complexity index is 11.6. The molecule has 0 saturated carbocycles. The topological polar surface area (TPSA) is 0 Å². The van der Waals surface area contributed by atoms with Crippen LogP contribution < -0.4 is 0 Å². The molecule has 0 spiro atoms. The molecule has 0 aliphatic carbocycles. The summed E-state index contributed by atoms with van der Waals surface area (Å²) in [6.07, 6.45) is 0. The van der Waals surface area contributed by atoms with Gasteiger partial charge in [-0.1, -0.05) is 0 Å². The van der Waals surface area contributed by atoms with Gasteiger partial charge in [-0.3, -0.25) is 0 Å². The van der Waals surface area contributed by atoms with Gasteiger partial charge in [-0.25, -0.2) is 0 Å². The second-order valence-corrected chi connectivity index (χ2v) is 0. The van der Waals surface area contributed by atoms with Crippen LogP contribution in [-0.2, 0) is 81.5 Å². The molecule has 0 aromatic carbocycles. The second kappa shape index (κ2) is 24.5. The molecular formula is CeCuNiTiZr. The van der Waals surface area contributed by atoms with Crippen molar-refractivity contribution in [2.24, 2.45) is 0 Å². The molecule has 0 aliphatic rings. The van der Waals surface area contributed by atoms with Crippen LogP contribution in [0.1, 0.15) is 0 Å². The normalized spacial score (nSPS) is 0. The average Bonchev–Trinajstić information content (AvgIpc) is 0. The van der Waals surface area contributed by atoms with E-state index in [-0.39, 0.29) is 123 Å². The predicted molar refractivity (Wildman–Crippen MR) is 0 cm³/mol. The number of hydrogen-bond acceptors (Lipinski definition) is 0. The fourth-order valence-corrected chi connectivity index (χ4v) is 0. The van der Waals surface area contributed by atoms with Crippen molar-refractivity contribution in [2.45, 2.75) is 0 Å². The molecule has 0 unspecified atom stereocenters. The molecule has 0 heterocycles. The molecule has 0 atom stereocenters. The van der Waals surface area contributed by atoms with Crippen LogP contribution >= 0.6 is 0 Å². The van der Waals surface area contributed by atoms with Crippen molar-refractivity contribution in [1.29, 1.82) is 0 Å². The first-order chi connectivity index (χ1) is 0. The molecule has 0 nitrogen and oxygen atoms in total. The van der Waals surface area contributed by atoms with Crippen LogP contribution in [0.4, 0.5) is 0 Å². The predicted octanol–water partition coefficient (Wildman–Crippen LogP) is -0.0100. The Labute approximate surface area is 120 Å². The monoisotopic (exact) mass is 399 g/mol. The quantitative estimate of drug-likeness (QED) is 0.501. The summed E-state index contributed by atoms with van der Waals surface area (Å²) >= 11 is 0. The average molecular weight is 401 g/mol. The van der Waals surface area contributed by atoms with Crippen LogP contribution in [0.3, 0.4) is 0 Å². The molecule has 0 saturated heterocycles. The van der Waals surface area contributed by atoms with Gasteiger partial charge in [-0.2, -0.15) is 0 Å². The third-order valence-electron chi connectivity index (χ3n) is 0. The number of rotatable bonds is 0. The zero-order chi connectivity index (χ0) is 0. The van der Waals surface area contributed by atoms with E-state index in [2.05, 4.69) is 0 Å². The molecule has 0 aliphatic heterocycles. The van der Waals surface area contributed by atoms with Crippen LogP contribution in [0.25, 0.3) is 0 Å². The molecule has 5 heteroatoms. The van der Waals surface area contributed by atoms with Gasteiger partial charge in [0.1, 0.15) is 0 Å². The van der Waals surface area contributed by atoms with E-state index in [9.17, 15) is 0 Å². The van der Waals surface area contributed by atoms with Crippen molar-refractivity contribution >= 4 is 0 Å². The molecule has 0 aromatic rings. The third-order valence-corrected chi connectivity index (χ3v) is 0. The largest absolute Gasteiger partial charge is 0 e. The molecule has 0 fully saturated rings. The van der Waals surface area contributed by atoms with Crippen LogP contribution in [0.5, 0.6) is 0 Å². The van der Waals surface area contributed by atoms with Gasteiger partial charge in [0, 0.05) is 123 Å². The van der Waals surface area contributed by atoms with E-state index in [0.29, 0.717) is 0 Å². The van der Waals surface area contributed by atoms with Crippen molar-refractivity contribution in [2.75, 3.05) is 0 Å². The smallest absolute Gasteiger partial charge is 0 e. The molecular weight excluding hydrogens is 401 g/mol. The van der Waals surface area contributed by atoms with E-state index in [0.717, 1.165) is 0 Å². The summed E-state index contributed by atoms with van der Waals surface area (Å²) in [5, 5.41) is 0. The van der Waals surface area contributed by atoms with Crippen molar-refractivity contribution in [1.82, 2.24) is 0 Å². The molecule has 0 amide bonds. The molecule has 5 heavy (non-hydrogen) atoms. The summed E-state index contributed by atoms with van der Waals surface area (Å²) in [6, 6.07) is 0. The Morgan fingerprint density at radius 1 is 1.00 bits per heavy atom. The minimum absolute atomic E-state index is 0. The van der Waals surface area contributed by atoms with Crippen molar-refractivity contribution in [3.05, 3.63) is 0 Å². The Balaban J connectivity index is 0. The van der Waals surface area contributed by atoms with Crippen molar-refractivity contribution < 1.29 is 123 Å². The van der Waals surface area contributed by atoms with E-state index in [1.165, 1.54) is 0 Å². The molecule has 33 valence electrons. The Morgan fingerprint density at radius 3 is 1.00 bits per heavy atom. The Morgan fingerprint density at radius 2 is 1.00 bits per heavy atom. The maximum absolute atomic E-state index is 0. The van der Waals surface area contributed by atoms with Gasteiger partial charge >= 0.3 is 0 Å². The summed E-state index contributed by atoms with van der Waals surface area (Å²) in [7, 11) is 0. The van der Waals surface area contributed by atoms with Gasteiger partial charge in [0.05, 0.1) is 0 Å².